The highest BCUT2D eigenvalue weighted by Gasteiger charge is 2.14. The van der Waals surface area contributed by atoms with Crippen molar-refractivity contribution in [3.05, 3.63) is 69.7 Å². The molecule has 116 valence electrons. The highest BCUT2D eigenvalue weighted by Crippen LogP contribution is 2.22. The van der Waals surface area contributed by atoms with E-state index < -0.39 is 0 Å². The molecule has 1 N–H and O–H groups in total. The van der Waals surface area contributed by atoms with Crippen molar-refractivity contribution >= 4 is 33.4 Å². The topological polar surface area (TPSA) is 68.0 Å². The summed E-state index contributed by atoms with van der Waals surface area (Å²) < 4.78 is 6.12. The van der Waals surface area contributed by atoms with E-state index in [9.17, 15) is 4.79 Å². The summed E-state index contributed by atoms with van der Waals surface area (Å²) >= 11 is 9.39. The highest BCUT2D eigenvalue weighted by atomic mass is 79.9. The first-order valence-electron chi connectivity index (χ1n) is 6.72. The van der Waals surface area contributed by atoms with Crippen molar-refractivity contribution < 1.29 is 9.21 Å². The maximum Gasteiger partial charge on any atom is 0.253 e. The van der Waals surface area contributed by atoms with Gasteiger partial charge in [0.05, 0.1) is 29.1 Å². The number of carbonyl (C=O) groups excluding carboxylic acids is 1. The fourth-order valence-corrected chi connectivity index (χ4v) is 2.61. The van der Waals surface area contributed by atoms with Gasteiger partial charge in [0.25, 0.3) is 5.91 Å². The van der Waals surface area contributed by atoms with Gasteiger partial charge in [-0.15, -0.1) is 0 Å². The van der Waals surface area contributed by atoms with Crippen molar-refractivity contribution in [1.82, 2.24) is 15.3 Å². The fraction of sp³-hybridized carbons (Fsp3) is 0.0625. The summed E-state index contributed by atoms with van der Waals surface area (Å²) in [4.78, 5) is 20.8. The second-order valence-corrected chi connectivity index (χ2v) is 5.96. The van der Waals surface area contributed by atoms with Crippen LogP contribution >= 0.6 is 27.5 Å². The SMILES string of the molecule is O=C(NCc1nccnc1-c1ccco1)c1cc(Br)ccc1Cl. The lowest BCUT2D eigenvalue weighted by Gasteiger charge is -2.09. The molecular weight excluding hydrogens is 382 g/mol. The Hall–Kier alpha value is -2.18. The van der Waals surface area contributed by atoms with E-state index in [-0.39, 0.29) is 12.5 Å². The van der Waals surface area contributed by atoms with Crippen LogP contribution < -0.4 is 5.32 Å². The van der Waals surface area contributed by atoms with Gasteiger partial charge < -0.3 is 9.73 Å². The summed E-state index contributed by atoms with van der Waals surface area (Å²) in [5.41, 5.74) is 1.60. The van der Waals surface area contributed by atoms with Crippen molar-refractivity contribution in [2.24, 2.45) is 0 Å². The molecule has 3 rings (SSSR count). The van der Waals surface area contributed by atoms with Crippen LogP contribution in [0.1, 0.15) is 16.1 Å². The molecule has 0 radical (unpaired) electrons. The van der Waals surface area contributed by atoms with Gasteiger partial charge in [0.2, 0.25) is 0 Å². The average molecular weight is 393 g/mol. The maximum absolute atomic E-state index is 12.3. The quantitative estimate of drug-likeness (QED) is 0.726. The van der Waals surface area contributed by atoms with E-state index in [1.165, 1.54) is 0 Å². The Morgan fingerprint density at radius 3 is 2.87 bits per heavy atom. The summed E-state index contributed by atoms with van der Waals surface area (Å²) in [6.45, 7) is 0.214. The van der Waals surface area contributed by atoms with Crippen molar-refractivity contribution in [2.45, 2.75) is 6.54 Å². The zero-order chi connectivity index (χ0) is 16.2. The van der Waals surface area contributed by atoms with Crippen LogP contribution in [0.15, 0.2) is 57.9 Å². The molecule has 7 heteroatoms. The number of nitrogens with one attached hydrogen (secondary N) is 1. The number of aromatic nitrogens is 2. The first-order chi connectivity index (χ1) is 11.1. The first kappa shape index (κ1) is 15.7. The summed E-state index contributed by atoms with van der Waals surface area (Å²) in [5, 5.41) is 3.18. The molecule has 0 saturated heterocycles. The lowest BCUT2D eigenvalue weighted by atomic mass is 10.2. The molecular formula is C16H11BrClN3O2. The highest BCUT2D eigenvalue weighted by molar-refractivity contribution is 9.10. The van der Waals surface area contributed by atoms with Crippen LogP contribution in [-0.2, 0) is 6.54 Å². The molecule has 5 nitrogen and oxygen atoms in total. The van der Waals surface area contributed by atoms with Crippen molar-refractivity contribution in [1.29, 1.82) is 0 Å². The average Bonchev–Trinajstić information content (AvgIpc) is 3.09. The Balaban J connectivity index is 1.79. The Morgan fingerprint density at radius 2 is 2.09 bits per heavy atom. The van der Waals surface area contributed by atoms with Crippen LogP contribution in [0.3, 0.4) is 0 Å². The smallest absolute Gasteiger partial charge is 0.253 e. The summed E-state index contributed by atoms with van der Waals surface area (Å²) in [5.74, 6) is 0.315. The van der Waals surface area contributed by atoms with E-state index in [4.69, 9.17) is 16.0 Å². The van der Waals surface area contributed by atoms with Crippen LogP contribution in [0.4, 0.5) is 0 Å². The second kappa shape index (κ2) is 6.93. The molecule has 3 aromatic rings. The van der Waals surface area contributed by atoms with Gasteiger partial charge in [0.1, 0.15) is 5.69 Å². The molecule has 0 aliphatic rings. The maximum atomic E-state index is 12.3. The van der Waals surface area contributed by atoms with E-state index in [1.54, 1.807) is 49.0 Å². The van der Waals surface area contributed by atoms with Crippen molar-refractivity contribution in [3.63, 3.8) is 0 Å². The molecule has 0 aliphatic carbocycles. The molecule has 2 aromatic heterocycles. The molecule has 0 saturated carbocycles. The molecule has 0 aliphatic heterocycles. The van der Waals surface area contributed by atoms with E-state index in [0.29, 0.717) is 27.7 Å². The van der Waals surface area contributed by atoms with Gasteiger partial charge in [0.15, 0.2) is 5.76 Å². The third-order valence-corrected chi connectivity index (χ3v) is 3.94. The minimum absolute atomic E-state index is 0.214. The number of halogens is 2. The van der Waals surface area contributed by atoms with Crippen molar-refractivity contribution in [3.8, 4) is 11.5 Å². The zero-order valence-corrected chi connectivity index (χ0v) is 14.1. The monoisotopic (exact) mass is 391 g/mol. The zero-order valence-electron chi connectivity index (χ0n) is 11.8. The Labute approximate surface area is 145 Å². The predicted octanol–water partition coefficient (Wildman–Crippen LogP) is 4.08. The third kappa shape index (κ3) is 3.60. The summed E-state index contributed by atoms with van der Waals surface area (Å²) in [6.07, 6.45) is 4.71. The number of carbonyl (C=O) groups is 1. The van der Waals surface area contributed by atoms with Crippen LogP contribution in [-0.4, -0.2) is 15.9 Å². The minimum atomic E-state index is -0.285. The lowest BCUT2D eigenvalue weighted by Crippen LogP contribution is -2.24. The van der Waals surface area contributed by atoms with Gasteiger partial charge in [-0.05, 0) is 30.3 Å². The molecule has 1 amide bonds. The van der Waals surface area contributed by atoms with E-state index in [0.717, 1.165) is 4.47 Å². The number of hydrogen-bond acceptors (Lipinski definition) is 4. The molecule has 0 bridgehead atoms. The van der Waals surface area contributed by atoms with Gasteiger partial charge in [0, 0.05) is 16.9 Å². The van der Waals surface area contributed by atoms with Crippen molar-refractivity contribution in [2.75, 3.05) is 0 Å². The lowest BCUT2D eigenvalue weighted by molar-refractivity contribution is 0.0950. The number of rotatable bonds is 4. The fourth-order valence-electron chi connectivity index (χ4n) is 2.05. The molecule has 2 heterocycles. The predicted molar refractivity (Wildman–Crippen MR) is 90.1 cm³/mol. The molecule has 23 heavy (non-hydrogen) atoms. The van der Waals surface area contributed by atoms with Gasteiger partial charge in [-0.3, -0.25) is 9.78 Å². The third-order valence-electron chi connectivity index (χ3n) is 3.12. The number of benzene rings is 1. The number of nitrogens with zero attached hydrogens (tertiary/aromatic N) is 2. The molecule has 0 atom stereocenters. The van der Waals surface area contributed by atoms with Gasteiger partial charge in [-0.2, -0.15) is 0 Å². The van der Waals surface area contributed by atoms with Gasteiger partial charge in [-0.1, -0.05) is 27.5 Å². The van der Waals surface area contributed by atoms with Crippen LogP contribution in [0, 0.1) is 0 Å². The van der Waals surface area contributed by atoms with Gasteiger partial charge in [-0.25, -0.2) is 4.98 Å². The van der Waals surface area contributed by atoms with Gasteiger partial charge >= 0.3 is 0 Å². The van der Waals surface area contributed by atoms with Crippen LogP contribution in [0.5, 0.6) is 0 Å². The number of hydrogen-bond donors (Lipinski definition) is 1. The van der Waals surface area contributed by atoms with Crippen LogP contribution in [0.25, 0.3) is 11.5 Å². The van der Waals surface area contributed by atoms with E-state index >= 15 is 0 Å². The Morgan fingerprint density at radius 1 is 1.26 bits per heavy atom. The summed E-state index contributed by atoms with van der Waals surface area (Å²) in [7, 11) is 0. The number of amides is 1. The molecule has 0 fully saturated rings. The minimum Gasteiger partial charge on any atom is -0.463 e. The Bertz CT molecular complexity index is 837. The first-order valence-corrected chi connectivity index (χ1v) is 7.89. The van der Waals surface area contributed by atoms with Crippen LogP contribution in [0.2, 0.25) is 5.02 Å². The molecule has 0 unspecified atom stereocenters. The number of furan rings is 1. The molecule has 1 aromatic carbocycles. The normalized spacial score (nSPS) is 10.5. The largest absolute Gasteiger partial charge is 0.463 e. The second-order valence-electron chi connectivity index (χ2n) is 4.64. The van der Waals surface area contributed by atoms with E-state index in [1.807, 2.05) is 0 Å². The summed E-state index contributed by atoms with van der Waals surface area (Å²) in [6, 6.07) is 8.67. The van der Waals surface area contributed by atoms with E-state index in [2.05, 4.69) is 31.2 Å². The standard InChI is InChI=1S/C16H11BrClN3O2/c17-10-3-4-12(18)11(8-10)16(22)21-9-13-15(20-6-5-19-13)14-2-1-7-23-14/h1-8H,9H2,(H,21,22). The Kier molecular flexibility index (Phi) is 4.73. The molecule has 0 spiro atoms.